The first-order valence-corrected chi connectivity index (χ1v) is 5.19. The molecule has 0 unspecified atom stereocenters. The van der Waals surface area contributed by atoms with Crippen molar-refractivity contribution in [1.82, 2.24) is 10.8 Å². The summed E-state index contributed by atoms with van der Waals surface area (Å²) in [4.78, 5) is 16.0. The highest BCUT2D eigenvalue weighted by Crippen LogP contribution is 2.19. The Kier molecular flexibility index (Phi) is 5.01. The molecule has 1 aliphatic rings. The molecule has 0 radical (unpaired) electrons. The molecule has 0 spiro atoms. The fourth-order valence-electron chi connectivity index (χ4n) is 1.51. The molecule has 0 aliphatic heterocycles. The minimum atomic E-state index is -4.30. The van der Waals surface area contributed by atoms with Crippen molar-refractivity contribution in [3.63, 3.8) is 0 Å². The molecule has 1 saturated carbocycles. The standard InChI is InChI=1S/C9H15F3N2O2/c10-9(11,12)6-13-5-8(15)14-16-7-3-1-2-4-7/h7,13H,1-6H2,(H,14,15). The summed E-state index contributed by atoms with van der Waals surface area (Å²) in [5.74, 6) is -0.587. The van der Waals surface area contributed by atoms with Crippen LogP contribution in [0.4, 0.5) is 13.2 Å². The average molecular weight is 240 g/mol. The SMILES string of the molecule is O=C(CNCC(F)(F)F)NOC1CCCC1. The van der Waals surface area contributed by atoms with Crippen LogP contribution in [0.25, 0.3) is 0 Å². The van der Waals surface area contributed by atoms with E-state index in [0.29, 0.717) is 0 Å². The van der Waals surface area contributed by atoms with Gasteiger partial charge in [0.15, 0.2) is 0 Å². The fraction of sp³-hybridized carbons (Fsp3) is 0.889. The number of halogens is 3. The lowest BCUT2D eigenvalue weighted by Crippen LogP contribution is -2.39. The molecule has 0 aromatic heterocycles. The van der Waals surface area contributed by atoms with Crippen LogP contribution < -0.4 is 10.8 Å². The Balaban J connectivity index is 2.02. The first-order chi connectivity index (χ1) is 7.47. The van der Waals surface area contributed by atoms with Gasteiger partial charge in [0, 0.05) is 0 Å². The second-order valence-corrected chi connectivity index (χ2v) is 3.77. The van der Waals surface area contributed by atoms with Crippen LogP contribution in [0, 0.1) is 0 Å². The van der Waals surface area contributed by atoms with Crippen LogP contribution in [-0.4, -0.2) is 31.3 Å². The maximum atomic E-state index is 11.7. The molecule has 0 aromatic carbocycles. The molecule has 16 heavy (non-hydrogen) atoms. The maximum absolute atomic E-state index is 11.7. The molecule has 0 aromatic rings. The number of rotatable bonds is 5. The zero-order valence-corrected chi connectivity index (χ0v) is 8.77. The molecular weight excluding hydrogens is 225 g/mol. The number of nitrogens with one attached hydrogen (secondary N) is 2. The van der Waals surface area contributed by atoms with Gasteiger partial charge in [-0.25, -0.2) is 5.48 Å². The van der Waals surface area contributed by atoms with Gasteiger partial charge >= 0.3 is 6.18 Å². The van der Waals surface area contributed by atoms with E-state index in [0.717, 1.165) is 25.7 Å². The van der Waals surface area contributed by atoms with Crippen molar-refractivity contribution in [2.24, 2.45) is 0 Å². The van der Waals surface area contributed by atoms with Gasteiger partial charge in [-0.05, 0) is 12.8 Å². The Bertz CT molecular complexity index is 227. The second kappa shape index (κ2) is 6.05. The van der Waals surface area contributed by atoms with E-state index in [4.69, 9.17) is 4.84 Å². The Morgan fingerprint density at radius 1 is 1.31 bits per heavy atom. The topological polar surface area (TPSA) is 50.4 Å². The van der Waals surface area contributed by atoms with E-state index in [1.165, 1.54) is 0 Å². The van der Waals surface area contributed by atoms with Crippen LogP contribution in [0.15, 0.2) is 0 Å². The van der Waals surface area contributed by atoms with E-state index in [1.807, 2.05) is 5.32 Å². The highest BCUT2D eigenvalue weighted by Gasteiger charge is 2.26. The summed E-state index contributed by atoms with van der Waals surface area (Å²) in [7, 11) is 0. The number of hydrogen-bond acceptors (Lipinski definition) is 3. The quantitative estimate of drug-likeness (QED) is 0.708. The van der Waals surface area contributed by atoms with Crippen molar-refractivity contribution < 1.29 is 22.8 Å². The van der Waals surface area contributed by atoms with Gasteiger partial charge in [0.05, 0.1) is 19.2 Å². The molecule has 1 aliphatic carbocycles. The summed E-state index contributed by atoms with van der Waals surface area (Å²) in [6.45, 7) is -1.57. The van der Waals surface area contributed by atoms with Gasteiger partial charge in [-0.1, -0.05) is 12.8 Å². The van der Waals surface area contributed by atoms with E-state index in [1.54, 1.807) is 0 Å². The lowest BCUT2D eigenvalue weighted by Gasteiger charge is -2.12. The summed E-state index contributed by atoms with van der Waals surface area (Å²) in [5.41, 5.74) is 2.14. The summed E-state index contributed by atoms with van der Waals surface area (Å²) in [6.07, 6.45) is -0.398. The second-order valence-electron chi connectivity index (χ2n) is 3.77. The predicted octanol–water partition coefficient (Wildman–Crippen LogP) is 1.13. The average Bonchev–Trinajstić information content (AvgIpc) is 2.65. The predicted molar refractivity (Wildman–Crippen MR) is 50.4 cm³/mol. The lowest BCUT2D eigenvalue weighted by molar-refractivity contribution is -0.139. The largest absolute Gasteiger partial charge is 0.401 e. The molecule has 4 nitrogen and oxygen atoms in total. The van der Waals surface area contributed by atoms with E-state index in [2.05, 4.69) is 5.48 Å². The zero-order chi connectivity index (χ0) is 12.0. The third-order valence-electron chi connectivity index (χ3n) is 2.25. The maximum Gasteiger partial charge on any atom is 0.401 e. The third kappa shape index (κ3) is 5.92. The van der Waals surface area contributed by atoms with Crippen molar-refractivity contribution in [1.29, 1.82) is 0 Å². The molecule has 94 valence electrons. The van der Waals surface area contributed by atoms with Crippen LogP contribution in [0.5, 0.6) is 0 Å². The van der Waals surface area contributed by atoms with Crippen molar-refractivity contribution in [2.75, 3.05) is 13.1 Å². The first-order valence-electron chi connectivity index (χ1n) is 5.19. The lowest BCUT2D eigenvalue weighted by atomic mass is 10.3. The van der Waals surface area contributed by atoms with Crippen LogP contribution in [-0.2, 0) is 9.63 Å². The molecule has 2 N–H and O–H groups in total. The third-order valence-corrected chi connectivity index (χ3v) is 2.25. The number of hydrogen-bond donors (Lipinski definition) is 2. The van der Waals surface area contributed by atoms with E-state index in [9.17, 15) is 18.0 Å². The van der Waals surface area contributed by atoms with Crippen LogP contribution in [0.3, 0.4) is 0 Å². The molecule has 7 heteroatoms. The number of amides is 1. The molecular formula is C9H15F3N2O2. The van der Waals surface area contributed by atoms with Gasteiger partial charge in [0.1, 0.15) is 0 Å². The minimum Gasteiger partial charge on any atom is -0.300 e. The Morgan fingerprint density at radius 3 is 2.50 bits per heavy atom. The minimum absolute atomic E-state index is 0.00608. The van der Waals surface area contributed by atoms with Gasteiger partial charge in [-0.2, -0.15) is 13.2 Å². The van der Waals surface area contributed by atoms with Crippen LogP contribution >= 0.6 is 0 Å². The van der Waals surface area contributed by atoms with E-state index in [-0.39, 0.29) is 6.10 Å². The number of carbonyl (C=O) groups excluding carboxylic acids is 1. The summed E-state index contributed by atoms with van der Waals surface area (Å²) in [5, 5.41) is 1.98. The van der Waals surface area contributed by atoms with Crippen LogP contribution in [0.2, 0.25) is 0 Å². The van der Waals surface area contributed by atoms with Gasteiger partial charge in [0.25, 0.3) is 5.91 Å². The van der Waals surface area contributed by atoms with E-state index >= 15 is 0 Å². The smallest absolute Gasteiger partial charge is 0.300 e. The van der Waals surface area contributed by atoms with Crippen LogP contribution in [0.1, 0.15) is 25.7 Å². The highest BCUT2D eigenvalue weighted by molar-refractivity contribution is 5.76. The Labute approximate surface area is 91.5 Å². The normalized spacial score (nSPS) is 17.7. The fourth-order valence-corrected chi connectivity index (χ4v) is 1.51. The zero-order valence-electron chi connectivity index (χ0n) is 8.77. The number of carbonyl (C=O) groups is 1. The van der Waals surface area contributed by atoms with Crippen molar-refractivity contribution in [2.45, 2.75) is 38.0 Å². The molecule has 1 amide bonds. The van der Waals surface area contributed by atoms with Gasteiger partial charge < -0.3 is 5.32 Å². The number of alkyl halides is 3. The Morgan fingerprint density at radius 2 is 1.94 bits per heavy atom. The molecule has 1 fully saturated rings. The van der Waals surface area contributed by atoms with Gasteiger partial charge in [0.2, 0.25) is 0 Å². The molecule has 0 heterocycles. The van der Waals surface area contributed by atoms with Gasteiger partial charge in [-0.3, -0.25) is 9.63 Å². The summed E-state index contributed by atoms with van der Waals surface area (Å²) in [6, 6.07) is 0. The number of hydroxylamine groups is 1. The first kappa shape index (κ1) is 13.2. The molecule has 1 rings (SSSR count). The van der Waals surface area contributed by atoms with Crippen molar-refractivity contribution in [3.05, 3.63) is 0 Å². The molecule has 0 bridgehead atoms. The monoisotopic (exact) mass is 240 g/mol. The van der Waals surface area contributed by atoms with Crippen molar-refractivity contribution in [3.8, 4) is 0 Å². The molecule has 0 atom stereocenters. The summed E-state index contributed by atoms with van der Waals surface area (Å²) >= 11 is 0. The highest BCUT2D eigenvalue weighted by atomic mass is 19.4. The van der Waals surface area contributed by atoms with Gasteiger partial charge in [-0.15, -0.1) is 0 Å². The van der Waals surface area contributed by atoms with E-state index < -0.39 is 25.2 Å². The molecule has 0 saturated heterocycles. The Hall–Kier alpha value is -0.820. The van der Waals surface area contributed by atoms with Crippen molar-refractivity contribution >= 4 is 5.91 Å². The summed E-state index contributed by atoms with van der Waals surface area (Å²) < 4.78 is 35.1.